The van der Waals surface area contributed by atoms with Crippen LogP contribution >= 0.6 is 0 Å². The van der Waals surface area contributed by atoms with Crippen LogP contribution in [-0.2, 0) is 0 Å². The van der Waals surface area contributed by atoms with Crippen molar-refractivity contribution in [3.63, 3.8) is 0 Å². The Bertz CT molecular complexity index is 1020. The molecule has 28 heavy (non-hydrogen) atoms. The highest BCUT2D eigenvalue weighted by Crippen LogP contribution is 2.28. The Morgan fingerprint density at radius 2 is 1.86 bits per heavy atom. The number of benzene rings is 2. The summed E-state index contributed by atoms with van der Waals surface area (Å²) in [6.45, 7) is 5.56. The molecule has 7 heteroatoms. The molecule has 1 aliphatic heterocycles. The minimum atomic E-state index is -0.177. The van der Waals surface area contributed by atoms with Crippen molar-refractivity contribution in [1.29, 1.82) is 0 Å². The van der Waals surface area contributed by atoms with Gasteiger partial charge in [-0.15, -0.1) is 0 Å². The molecule has 4 rings (SSSR count). The van der Waals surface area contributed by atoms with Crippen LogP contribution in [0.15, 0.2) is 53.3 Å². The van der Waals surface area contributed by atoms with Gasteiger partial charge < -0.3 is 4.74 Å². The molecular weight excluding hydrogens is 354 g/mol. The maximum absolute atomic E-state index is 13.2. The Hall–Kier alpha value is -2.90. The van der Waals surface area contributed by atoms with E-state index in [0.717, 1.165) is 18.7 Å². The van der Waals surface area contributed by atoms with E-state index in [9.17, 15) is 4.79 Å². The molecule has 1 saturated heterocycles. The fraction of sp³-hybridized carbons (Fsp3) is 0.333. The molecule has 1 unspecified atom stereocenters. The second-order valence-corrected chi connectivity index (χ2v) is 7.09. The van der Waals surface area contributed by atoms with E-state index in [1.807, 2.05) is 56.3 Å². The Balaban J connectivity index is 1.75. The predicted octanol–water partition coefficient (Wildman–Crippen LogP) is 2.15. The van der Waals surface area contributed by atoms with Crippen molar-refractivity contribution in [3.05, 3.63) is 76.0 Å². The second kappa shape index (κ2) is 7.61. The molecule has 3 aromatic rings. The van der Waals surface area contributed by atoms with E-state index in [1.165, 1.54) is 10.2 Å². The SMILES string of the molecule is COc1cc(C2CNNC2)ccc1-n1c(C)nn(C(C)c2ccccc2)c1=O. The zero-order chi connectivity index (χ0) is 19.7. The molecule has 1 aromatic heterocycles. The molecule has 0 saturated carbocycles. The van der Waals surface area contributed by atoms with Crippen LogP contribution in [0, 0.1) is 6.92 Å². The summed E-state index contributed by atoms with van der Waals surface area (Å²) < 4.78 is 8.78. The lowest BCUT2D eigenvalue weighted by Crippen LogP contribution is -2.27. The third-order valence-electron chi connectivity index (χ3n) is 5.35. The summed E-state index contributed by atoms with van der Waals surface area (Å²) in [5.74, 6) is 1.67. The van der Waals surface area contributed by atoms with Crippen LogP contribution in [0.4, 0.5) is 0 Å². The van der Waals surface area contributed by atoms with E-state index in [4.69, 9.17) is 4.74 Å². The summed E-state index contributed by atoms with van der Waals surface area (Å²) in [5.41, 5.74) is 9.03. The molecule has 0 radical (unpaired) electrons. The topological polar surface area (TPSA) is 73.1 Å². The lowest BCUT2D eigenvalue weighted by molar-refractivity contribution is 0.411. The molecule has 1 atom stereocenters. The van der Waals surface area contributed by atoms with Crippen LogP contribution in [-0.4, -0.2) is 34.5 Å². The maximum Gasteiger partial charge on any atom is 0.351 e. The molecule has 0 amide bonds. The van der Waals surface area contributed by atoms with Gasteiger partial charge in [-0.1, -0.05) is 36.4 Å². The molecule has 0 bridgehead atoms. The Kier molecular flexibility index (Phi) is 5.02. The molecule has 146 valence electrons. The van der Waals surface area contributed by atoms with Gasteiger partial charge >= 0.3 is 5.69 Å². The van der Waals surface area contributed by atoms with Crippen molar-refractivity contribution in [2.24, 2.45) is 0 Å². The van der Waals surface area contributed by atoms with E-state index in [1.54, 1.807) is 11.7 Å². The van der Waals surface area contributed by atoms with Gasteiger partial charge in [-0.25, -0.2) is 14.0 Å². The molecule has 1 aliphatic rings. The first-order valence-electron chi connectivity index (χ1n) is 9.47. The second-order valence-electron chi connectivity index (χ2n) is 7.09. The zero-order valence-corrected chi connectivity index (χ0v) is 16.3. The Morgan fingerprint density at radius 3 is 2.54 bits per heavy atom. The van der Waals surface area contributed by atoms with Gasteiger partial charge in [0.2, 0.25) is 0 Å². The summed E-state index contributed by atoms with van der Waals surface area (Å²) in [4.78, 5) is 13.2. The molecule has 0 aliphatic carbocycles. The first-order chi connectivity index (χ1) is 13.6. The molecule has 2 heterocycles. The number of hydrogen-bond acceptors (Lipinski definition) is 5. The minimum absolute atomic E-state index is 0.158. The van der Waals surface area contributed by atoms with Gasteiger partial charge in [0, 0.05) is 19.0 Å². The third-order valence-corrected chi connectivity index (χ3v) is 5.35. The van der Waals surface area contributed by atoms with E-state index in [-0.39, 0.29) is 11.7 Å². The van der Waals surface area contributed by atoms with E-state index < -0.39 is 0 Å². The summed E-state index contributed by atoms with van der Waals surface area (Å²) >= 11 is 0. The van der Waals surface area contributed by atoms with Gasteiger partial charge in [-0.2, -0.15) is 5.10 Å². The number of nitrogens with zero attached hydrogens (tertiary/aromatic N) is 3. The van der Waals surface area contributed by atoms with E-state index >= 15 is 0 Å². The standard InChI is InChI=1S/C21H25N5O2/c1-14(16-7-5-4-6-8-16)26-21(27)25(15(2)24-26)19-10-9-17(11-20(19)28-3)18-12-22-23-13-18/h4-11,14,18,22-23H,12-13H2,1-3H3. The molecule has 0 spiro atoms. The maximum atomic E-state index is 13.2. The van der Waals surface area contributed by atoms with Crippen molar-refractivity contribution in [2.75, 3.05) is 20.2 Å². The number of hydrogen-bond donors (Lipinski definition) is 2. The summed E-state index contributed by atoms with van der Waals surface area (Å²) in [5, 5.41) is 4.53. The van der Waals surface area contributed by atoms with Crippen LogP contribution < -0.4 is 21.3 Å². The lowest BCUT2D eigenvalue weighted by atomic mass is 9.99. The van der Waals surface area contributed by atoms with Crippen LogP contribution in [0.2, 0.25) is 0 Å². The Morgan fingerprint density at radius 1 is 1.14 bits per heavy atom. The number of aryl methyl sites for hydroxylation is 1. The van der Waals surface area contributed by atoms with Gasteiger partial charge in [0.05, 0.1) is 18.8 Å². The van der Waals surface area contributed by atoms with Gasteiger partial charge in [-0.3, -0.25) is 10.9 Å². The van der Waals surface area contributed by atoms with Crippen LogP contribution in [0.3, 0.4) is 0 Å². The average Bonchev–Trinajstić information content (AvgIpc) is 3.36. The van der Waals surface area contributed by atoms with Crippen molar-refractivity contribution in [1.82, 2.24) is 25.2 Å². The number of aromatic nitrogens is 3. The number of methoxy groups -OCH3 is 1. The smallest absolute Gasteiger partial charge is 0.351 e. The predicted molar refractivity (Wildman–Crippen MR) is 108 cm³/mol. The first-order valence-corrected chi connectivity index (χ1v) is 9.47. The fourth-order valence-electron chi connectivity index (χ4n) is 3.72. The van der Waals surface area contributed by atoms with Gasteiger partial charge in [0.1, 0.15) is 11.6 Å². The van der Waals surface area contributed by atoms with Crippen LogP contribution in [0.25, 0.3) is 5.69 Å². The average molecular weight is 379 g/mol. The van der Waals surface area contributed by atoms with Crippen LogP contribution in [0.5, 0.6) is 5.75 Å². The summed E-state index contributed by atoms with van der Waals surface area (Å²) in [7, 11) is 1.63. The quantitative estimate of drug-likeness (QED) is 0.711. The summed E-state index contributed by atoms with van der Waals surface area (Å²) in [6.07, 6.45) is 0. The lowest BCUT2D eigenvalue weighted by Gasteiger charge is -2.14. The number of nitrogens with one attached hydrogen (secondary N) is 2. The van der Waals surface area contributed by atoms with E-state index in [0.29, 0.717) is 23.2 Å². The highest BCUT2D eigenvalue weighted by molar-refractivity contribution is 5.50. The van der Waals surface area contributed by atoms with Gasteiger partial charge in [0.15, 0.2) is 0 Å². The highest BCUT2D eigenvalue weighted by Gasteiger charge is 2.22. The normalized spacial score (nSPS) is 15.7. The van der Waals surface area contributed by atoms with Crippen LogP contribution in [0.1, 0.15) is 35.8 Å². The molecule has 2 aromatic carbocycles. The van der Waals surface area contributed by atoms with Gasteiger partial charge in [-0.05, 0) is 37.1 Å². The first kappa shape index (κ1) is 18.5. The van der Waals surface area contributed by atoms with Crippen molar-refractivity contribution in [3.8, 4) is 11.4 Å². The number of ether oxygens (including phenoxy) is 1. The Labute approximate surface area is 163 Å². The van der Waals surface area contributed by atoms with E-state index in [2.05, 4.69) is 22.0 Å². The van der Waals surface area contributed by atoms with Crippen molar-refractivity contribution in [2.45, 2.75) is 25.8 Å². The van der Waals surface area contributed by atoms with Gasteiger partial charge in [0.25, 0.3) is 0 Å². The third kappa shape index (κ3) is 3.23. The number of rotatable bonds is 5. The van der Waals surface area contributed by atoms with Crippen molar-refractivity contribution >= 4 is 0 Å². The van der Waals surface area contributed by atoms with Crippen molar-refractivity contribution < 1.29 is 4.74 Å². The minimum Gasteiger partial charge on any atom is -0.495 e. The molecular formula is C21H25N5O2. The fourth-order valence-corrected chi connectivity index (χ4v) is 3.72. The number of hydrazine groups is 1. The largest absolute Gasteiger partial charge is 0.495 e. The molecule has 1 fully saturated rings. The monoisotopic (exact) mass is 379 g/mol. The highest BCUT2D eigenvalue weighted by atomic mass is 16.5. The molecule has 2 N–H and O–H groups in total. The summed E-state index contributed by atoms with van der Waals surface area (Å²) in [6, 6.07) is 15.8. The zero-order valence-electron chi connectivity index (χ0n) is 16.3. The molecule has 7 nitrogen and oxygen atoms in total.